The Labute approximate surface area is 84.5 Å². The molecule has 0 aliphatic rings. The number of nitrogens with zero attached hydrogens (tertiary/aromatic N) is 3. The molecule has 1 unspecified atom stereocenters. The van der Waals surface area contributed by atoms with Crippen LogP contribution < -0.4 is 5.32 Å². The molecule has 0 aliphatic heterocycles. The van der Waals surface area contributed by atoms with Gasteiger partial charge < -0.3 is 10.1 Å². The summed E-state index contributed by atoms with van der Waals surface area (Å²) < 4.78 is 7.37. The van der Waals surface area contributed by atoms with Gasteiger partial charge in [0.25, 0.3) is 0 Å². The van der Waals surface area contributed by atoms with Gasteiger partial charge in [0, 0.05) is 21.2 Å². The van der Waals surface area contributed by atoms with Crippen molar-refractivity contribution >= 4 is 5.95 Å². The highest BCUT2D eigenvalue weighted by Gasteiger charge is 2.30. The second-order valence-electron chi connectivity index (χ2n) is 3.44. The van der Waals surface area contributed by atoms with Gasteiger partial charge in [-0.2, -0.15) is 0 Å². The van der Waals surface area contributed by atoms with E-state index in [9.17, 15) is 0 Å². The van der Waals surface area contributed by atoms with Crippen molar-refractivity contribution in [1.29, 1.82) is 0 Å². The Hall–Kier alpha value is -1.10. The van der Waals surface area contributed by atoms with Gasteiger partial charge in [-0.15, -0.1) is 10.2 Å². The van der Waals surface area contributed by atoms with Crippen LogP contribution in [0.25, 0.3) is 0 Å². The van der Waals surface area contributed by atoms with Crippen LogP contribution >= 0.6 is 0 Å². The molecule has 0 fully saturated rings. The Kier molecular flexibility index (Phi) is 3.10. The molecule has 1 aromatic rings. The molecule has 14 heavy (non-hydrogen) atoms. The maximum Gasteiger partial charge on any atom is 0.224 e. The molecule has 1 heterocycles. The summed E-state index contributed by atoms with van der Waals surface area (Å²) in [7, 11) is 5.44. The normalized spacial score (nSPS) is 15.2. The average Bonchev–Trinajstić information content (AvgIpc) is 2.59. The molecule has 1 aromatic heterocycles. The predicted molar refractivity (Wildman–Crippen MR) is 55.2 cm³/mol. The summed E-state index contributed by atoms with van der Waals surface area (Å²) in [6.07, 6.45) is 0.860. The largest absolute Gasteiger partial charge is 0.371 e. The lowest BCUT2D eigenvalue weighted by Crippen LogP contribution is -2.27. The third-order valence-corrected chi connectivity index (χ3v) is 2.70. The molecule has 0 amide bonds. The summed E-state index contributed by atoms with van der Waals surface area (Å²) in [5.74, 6) is 1.59. The molecular weight excluding hydrogens is 180 g/mol. The number of ether oxygens (including phenoxy) is 1. The quantitative estimate of drug-likeness (QED) is 0.788. The topological polar surface area (TPSA) is 52.0 Å². The summed E-state index contributed by atoms with van der Waals surface area (Å²) in [5.41, 5.74) is -0.364. The van der Waals surface area contributed by atoms with Crippen molar-refractivity contribution in [3.8, 4) is 0 Å². The van der Waals surface area contributed by atoms with Gasteiger partial charge in [-0.3, -0.25) is 4.57 Å². The van der Waals surface area contributed by atoms with Gasteiger partial charge in [0.05, 0.1) is 0 Å². The SMILES string of the molecule is CCC(C)(OC)c1nnc(NC)n1C. The van der Waals surface area contributed by atoms with Gasteiger partial charge in [0.2, 0.25) is 5.95 Å². The molecule has 0 saturated heterocycles. The Bertz CT molecular complexity index is 304. The zero-order valence-corrected chi connectivity index (χ0v) is 9.46. The minimum atomic E-state index is -0.364. The van der Waals surface area contributed by atoms with E-state index in [0.29, 0.717) is 0 Å². The molecule has 0 radical (unpaired) electrons. The average molecular weight is 198 g/mol. The summed E-state index contributed by atoms with van der Waals surface area (Å²) >= 11 is 0. The molecule has 1 rings (SSSR count). The molecule has 1 atom stereocenters. The van der Waals surface area contributed by atoms with Crippen LogP contribution in [-0.4, -0.2) is 28.9 Å². The molecule has 0 aromatic carbocycles. The second kappa shape index (κ2) is 3.96. The molecule has 0 spiro atoms. The molecule has 5 nitrogen and oxygen atoms in total. The standard InChI is InChI=1S/C9H18N4O/c1-6-9(2,14-5)7-11-12-8(10-3)13(7)4/h6H2,1-5H3,(H,10,12). The first-order chi connectivity index (χ1) is 6.59. The molecule has 0 bridgehead atoms. The van der Waals surface area contributed by atoms with Gasteiger partial charge >= 0.3 is 0 Å². The fourth-order valence-corrected chi connectivity index (χ4v) is 1.40. The first-order valence-electron chi connectivity index (χ1n) is 4.71. The highest BCUT2D eigenvalue weighted by atomic mass is 16.5. The van der Waals surface area contributed by atoms with Gasteiger partial charge in [0.1, 0.15) is 5.60 Å². The summed E-state index contributed by atoms with van der Waals surface area (Å²) in [6.45, 7) is 4.08. The highest BCUT2D eigenvalue weighted by molar-refractivity contribution is 5.25. The van der Waals surface area contributed by atoms with E-state index in [1.165, 1.54) is 0 Å². The molecule has 0 aliphatic carbocycles. The smallest absolute Gasteiger partial charge is 0.224 e. The highest BCUT2D eigenvalue weighted by Crippen LogP contribution is 2.27. The number of rotatable bonds is 4. The van der Waals surface area contributed by atoms with Crippen LogP contribution in [0.3, 0.4) is 0 Å². The van der Waals surface area contributed by atoms with Crippen molar-refractivity contribution in [3.05, 3.63) is 5.82 Å². The lowest BCUT2D eigenvalue weighted by Gasteiger charge is -2.25. The van der Waals surface area contributed by atoms with Crippen LogP contribution in [0.4, 0.5) is 5.95 Å². The van der Waals surface area contributed by atoms with E-state index in [1.807, 2.05) is 25.6 Å². The van der Waals surface area contributed by atoms with Gasteiger partial charge in [-0.05, 0) is 13.3 Å². The minimum Gasteiger partial charge on any atom is -0.371 e. The van der Waals surface area contributed by atoms with E-state index in [0.717, 1.165) is 18.2 Å². The van der Waals surface area contributed by atoms with Crippen molar-refractivity contribution in [2.24, 2.45) is 7.05 Å². The lowest BCUT2D eigenvalue weighted by atomic mass is 10.0. The Morgan fingerprint density at radius 2 is 2.14 bits per heavy atom. The number of hydrogen-bond donors (Lipinski definition) is 1. The Morgan fingerprint density at radius 3 is 2.50 bits per heavy atom. The predicted octanol–water partition coefficient (Wildman–Crippen LogP) is 1.13. The van der Waals surface area contributed by atoms with Crippen LogP contribution in [0.5, 0.6) is 0 Å². The van der Waals surface area contributed by atoms with E-state index in [2.05, 4.69) is 22.4 Å². The van der Waals surface area contributed by atoms with Crippen LogP contribution in [0.1, 0.15) is 26.1 Å². The van der Waals surface area contributed by atoms with E-state index in [4.69, 9.17) is 4.74 Å². The zero-order chi connectivity index (χ0) is 10.8. The Morgan fingerprint density at radius 1 is 1.50 bits per heavy atom. The fourth-order valence-electron chi connectivity index (χ4n) is 1.40. The maximum absolute atomic E-state index is 5.46. The monoisotopic (exact) mass is 198 g/mol. The van der Waals surface area contributed by atoms with Gasteiger partial charge in [-0.1, -0.05) is 6.92 Å². The third kappa shape index (κ3) is 1.59. The van der Waals surface area contributed by atoms with Crippen LogP contribution in [0.15, 0.2) is 0 Å². The minimum absolute atomic E-state index is 0.364. The molecular formula is C9H18N4O. The van der Waals surface area contributed by atoms with Crippen molar-refractivity contribution in [2.75, 3.05) is 19.5 Å². The number of methoxy groups -OCH3 is 1. The number of hydrogen-bond acceptors (Lipinski definition) is 4. The lowest BCUT2D eigenvalue weighted by molar-refractivity contribution is -0.0113. The zero-order valence-electron chi connectivity index (χ0n) is 9.46. The molecule has 80 valence electrons. The number of aromatic nitrogens is 3. The van der Waals surface area contributed by atoms with E-state index in [-0.39, 0.29) is 5.60 Å². The number of nitrogens with one attached hydrogen (secondary N) is 1. The van der Waals surface area contributed by atoms with E-state index in [1.54, 1.807) is 7.11 Å². The van der Waals surface area contributed by atoms with Gasteiger partial charge in [-0.25, -0.2) is 0 Å². The van der Waals surface area contributed by atoms with Crippen molar-refractivity contribution in [3.63, 3.8) is 0 Å². The Balaban J connectivity index is 3.11. The van der Waals surface area contributed by atoms with E-state index >= 15 is 0 Å². The fraction of sp³-hybridized carbons (Fsp3) is 0.778. The summed E-state index contributed by atoms with van der Waals surface area (Å²) in [5, 5.41) is 11.1. The maximum atomic E-state index is 5.46. The third-order valence-electron chi connectivity index (χ3n) is 2.70. The van der Waals surface area contributed by atoms with E-state index < -0.39 is 0 Å². The van der Waals surface area contributed by atoms with Crippen molar-refractivity contribution in [2.45, 2.75) is 25.9 Å². The van der Waals surface area contributed by atoms with Crippen molar-refractivity contribution in [1.82, 2.24) is 14.8 Å². The molecule has 0 saturated carbocycles. The van der Waals surface area contributed by atoms with Gasteiger partial charge in [0.15, 0.2) is 5.82 Å². The number of anilines is 1. The molecule has 1 N–H and O–H groups in total. The first-order valence-corrected chi connectivity index (χ1v) is 4.71. The van der Waals surface area contributed by atoms with Crippen molar-refractivity contribution < 1.29 is 4.74 Å². The first kappa shape index (κ1) is 11.0. The molecule has 5 heteroatoms. The van der Waals surface area contributed by atoms with Crippen LogP contribution in [0.2, 0.25) is 0 Å². The summed E-state index contributed by atoms with van der Waals surface area (Å²) in [4.78, 5) is 0. The van der Waals surface area contributed by atoms with Crippen LogP contribution in [0, 0.1) is 0 Å². The van der Waals surface area contributed by atoms with Crippen LogP contribution in [-0.2, 0) is 17.4 Å². The second-order valence-corrected chi connectivity index (χ2v) is 3.44. The summed E-state index contributed by atoms with van der Waals surface area (Å²) in [6, 6.07) is 0.